The molecule has 1 N–H and O–H groups in total. The zero-order valence-electron chi connectivity index (χ0n) is 13.1. The predicted molar refractivity (Wildman–Crippen MR) is 79.6 cm³/mol. The number of hydrogen-bond acceptors (Lipinski definition) is 1. The first kappa shape index (κ1) is 17.5. The van der Waals surface area contributed by atoms with Crippen LogP contribution in [0.15, 0.2) is 0 Å². The van der Waals surface area contributed by atoms with Gasteiger partial charge in [0.25, 0.3) is 0 Å². The number of rotatable bonds is 10. The quantitative estimate of drug-likeness (QED) is 0.576. The maximum absolute atomic E-state index is 11.7. The number of amides is 1. The number of unbranched alkanes of at least 4 members (excludes halogenated alkanes) is 4. The highest BCUT2D eigenvalue weighted by molar-refractivity contribution is 5.78. The second kappa shape index (κ2) is 10.4. The fraction of sp³-hybridized carbons (Fsp3) is 0.938. The fourth-order valence-electron chi connectivity index (χ4n) is 1.88. The molecule has 108 valence electrons. The van der Waals surface area contributed by atoms with Gasteiger partial charge >= 0.3 is 0 Å². The summed E-state index contributed by atoms with van der Waals surface area (Å²) in [6.45, 7) is 11.6. The zero-order valence-corrected chi connectivity index (χ0v) is 13.1. The lowest BCUT2D eigenvalue weighted by atomic mass is 9.97. The molecule has 1 atom stereocenters. The first-order valence-corrected chi connectivity index (χ1v) is 7.72. The average Bonchev–Trinajstić information content (AvgIpc) is 2.30. The summed E-state index contributed by atoms with van der Waals surface area (Å²) in [5.74, 6) is 1.61. The highest BCUT2D eigenvalue weighted by atomic mass is 16.1. The predicted octanol–water partition coefficient (Wildman–Crippen LogP) is 4.39. The highest BCUT2D eigenvalue weighted by Gasteiger charge is 2.15. The van der Waals surface area contributed by atoms with Crippen LogP contribution in [-0.2, 0) is 4.79 Å². The monoisotopic (exact) mass is 255 g/mol. The van der Waals surface area contributed by atoms with Gasteiger partial charge in [0.2, 0.25) is 5.91 Å². The van der Waals surface area contributed by atoms with Gasteiger partial charge in [-0.05, 0) is 18.3 Å². The van der Waals surface area contributed by atoms with Crippen LogP contribution in [-0.4, -0.2) is 12.5 Å². The Hall–Kier alpha value is -0.530. The molecule has 0 radical (unpaired) electrons. The third-order valence-corrected chi connectivity index (χ3v) is 3.67. The van der Waals surface area contributed by atoms with Crippen molar-refractivity contribution in [3.8, 4) is 0 Å². The number of hydrogen-bond donors (Lipinski definition) is 1. The lowest BCUT2D eigenvalue weighted by Crippen LogP contribution is -2.32. The van der Waals surface area contributed by atoms with Crippen molar-refractivity contribution in [2.75, 3.05) is 6.54 Å². The molecular weight excluding hydrogens is 222 g/mol. The van der Waals surface area contributed by atoms with E-state index in [9.17, 15) is 4.79 Å². The maximum atomic E-state index is 11.7. The van der Waals surface area contributed by atoms with Crippen molar-refractivity contribution in [3.05, 3.63) is 0 Å². The van der Waals surface area contributed by atoms with Gasteiger partial charge in [-0.1, -0.05) is 66.7 Å². The summed E-state index contributed by atoms with van der Waals surface area (Å²) in [6.07, 6.45) is 7.72. The summed E-state index contributed by atoms with van der Waals surface area (Å²) in [7, 11) is 0. The van der Waals surface area contributed by atoms with E-state index in [4.69, 9.17) is 0 Å². The van der Waals surface area contributed by atoms with Gasteiger partial charge in [0.1, 0.15) is 0 Å². The summed E-state index contributed by atoms with van der Waals surface area (Å²) in [4.78, 5) is 11.7. The third kappa shape index (κ3) is 9.49. The van der Waals surface area contributed by atoms with Gasteiger partial charge in [-0.25, -0.2) is 0 Å². The third-order valence-electron chi connectivity index (χ3n) is 3.67. The van der Waals surface area contributed by atoms with Crippen molar-refractivity contribution in [3.63, 3.8) is 0 Å². The van der Waals surface area contributed by atoms with E-state index >= 15 is 0 Å². The number of carbonyl (C=O) groups is 1. The van der Waals surface area contributed by atoms with Gasteiger partial charge in [-0.3, -0.25) is 4.79 Å². The van der Waals surface area contributed by atoms with Crippen LogP contribution in [0.4, 0.5) is 0 Å². The molecule has 0 bridgehead atoms. The summed E-state index contributed by atoms with van der Waals surface area (Å²) >= 11 is 0. The molecule has 0 fully saturated rings. The molecule has 18 heavy (non-hydrogen) atoms. The van der Waals surface area contributed by atoms with E-state index in [2.05, 4.69) is 33.0 Å². The van der Waals surface area contributed by atoms with Crippen molar-refractivity contribution in [2.45, 2.75) is 73.1 Å². The molecule has 0 saturated heterocycles. The Morgan fingerprint density at radius 3 is 2.00 bits per heavy atom. The van der Waals surface area contributed by atoms with Crippen LogP contribution in [0.5, 0.6) is 0 Å². The van der Waals surface area contributed by atoms with Crippen LogP contribution in [0, 0.1) is 17.8 Å². The normalized spacial score (nSPS) is 13.1. The van der Waals surface area contributed by atoms with Gasteiger partial charge in [0.15, 0.2) is 0 Å². The molecule has 0 saturated carbocycles. The molecule has 0 aromatic carbocycles. The molecule has 0 aliphatic carbocycles. The standard InChI is InChI=1S/C16H33NO/c1-13(2)11-9-7-6-8-10-12-17-16(18)15(5)14(3)4/h13-15H,6-12H2,1-5H3,(H,17,18)/t15-/m0/s1. The van der Waals surface area contributed by atoms with Crippen molar-refractivity contribution >= 4 is 5.91 Å². The maximum Gasteiger partial charge on any atom is 0.223 e. The van der Waals surface area contributed by atoms with Crippen LogP contribution in [0.25, 0.3) is 0 Å². The van der Waals surface area contributed by atoms with E-state index in [1.54, 1.807) is 0 Å². The van der Waals surface area contributed by atoms with E-state index in [0.29, 0.717) is 5.92 Å². The van der Waals surface area contributed by atoms with Gasteiger partial charge in [0.05, 0.1) is 0 Å². The molecule has 0 unspecified atom stereocenters. The molecule has 0 aliphatic rings. The number of nitrogens with one attached hydrogen (secondary N) is 1. The molecule has 0 rings (SSSR count). The molecule has 2 heteroatoms. The molecule has 2 nitrogen and oxygen atoms in total. The number of carbonyl (C=O) groups excluding carboxylic acids is 1. The van der Waals surface area contributed by atoms with Crippen molar-refractivity contribution < 1.29 is 4.79 Å². The minimum absolute atomic E-state index is 0.135. The molecule has 0 spiro atoms. The molecule has 0 aromatic heterocycles. The molecule has 0 heterocycles. The van der Waals surface area contributed by atoms with Crippen molar-refractivity contribution in [2.24, 2.45) is 17.8 Å². The Kier molecular flexibility index (Phi) is 10.1. The topological polar surface area (TPSA) is 29.1 Å². The van der Waals surface area contributed by atoms with Gasteiger partial charge in [-0.15, -0.1) is 0 Å². The van der Waals surface area contributed by atoms with Crippen LogP contribution in [0.1, 0.15) is 73.1 Å². The van der Waals surface area contributed by atoms with Crippen molar-refractivity contribution in [1.82, 2.24) is 5.32 Å². The first-order chi connectivity index (χ1) is 8.45. The van der Waals surface area contributed by atoms with Crippen LogP contribution < -0.4 is 5.32 Å². The van der Waals surface area contributed by atoms with Crippen LogP contribution >= 0.6 is 0 Å². The van der Waals surface area contributed by atoms with E-state index < -0.39 is 0 Å². The van der Waals surface area contributed by atoms with E-state index in [0.717, 1.165) is 18.9 Å². The molecule has 0 aromatic rings. The van der Waals surface area contributed by atoms with E-state index in [1.165, 1.54) is 32.1 Å². The Balaban J connectivity index is 3.33. The minimum Gasteiger partial charge on any atom is -0.356 e. The van der Waals surface area contributed by atoms with Crippen molar-refractivity contribution in [1.29, 1.82) is 0 Å². The summed E-state index contributed by atoms with van der Waals surface area (Å²) in [6, 6.07) is 0. The molecule has 1 amide bonds. The average molecular weight is 255 g/mol. The first-order valence-electron chi connectivity index (χ1n) is 7.72. The summed E-state index contributed by atoms with van der Waals surface area (Å²) in [5, 5.41) is 3.03. The van der Waals surface area contributed by atoms with Crippen LogP contribution in [0.3, 0.4) is 0 Å². The zero-order chi connectivity index (χ0) is 14.0. The lowest BCUT2D eigenvalue weighted by molar-refractivity contribution is -0.125. The Bertz CT molecular complexity index is 211. The Morgan fingerprint density at radius 2 is 1.44 bits per heavy atom. The van der Waals surface area contributed by atoms with Gasteiger partial charge < -0.3 is 5.32 Å². The smallest absolute Gasteiger partial charge is 0.223 e. The second-order valence-corrected chi connectivity index (χ2v) is 6.27. The van der Waals surface area contributed by atoms with E-state index in [-0.39, 0.29) is 11.8 Å². The highest BCUT2D eigenvalue weighted by Crippen LogP contribution is 2.11. The van der Waals surface area contributed by atoms with E-state index in [1.807, 2.05) is 6.92 Å². The molecule has 0 aliphatic heterocycles. The van der Waals surface area contributed by atoms with Gasteiger partial charge in [0, 0.05) is 12.5 Å². The lowest BCUT2D eigenvalue weighted by Gasteiger charge is -2.15. The second-order valence-electron chi connectivity index (χ2n) is 6.27. The Labute approximate surface area is 114 Å². The van der Waals surface area contributed by atoms with Gasteiger partial charge in [-0.2, -0.15) is 0 Å². The minimum atomic E-state index is 0.135. The summed E-state index contributed by atoms with van der Waals surface area (Å²) in [5.41, 5.74) is 0. The fourth-order valence-corrected chi connectivity index (χ4v) is 1.88. The Morgan fingerprint density at radius 1 is 0.889 bits per heavy atom. The van der Waals surface area contributed by atoms with Crippen LogP contribution in [0.2, 0.25) is 0 Å². The largest absolute Gasteiger partial charge is 0.356 e. The molecular formula is C16H33NO. The summed E-state index contributed by atoms with van der Waals surface area (Å²) < 4.78 is 0. The SMILES string of the molecule is CC(C)CCCCCCCNC(=O)[C@@H](C)C(C)C.